The van der Waals surface area contributed by atoms with E-state index in [-0.39, 0.29) is 12.2 Å². The van der Waals surface area contributed by atoms with Gasteiger partial charge >= 0.3 is 12.1 Å². The Morgan fingerprint density at radius 1 is 1.28 bits per heavy atom. The molecule has 0 saturated carbocycles. The molecule has 0 unspecified atom stereocenters. The van der Waals surface area contributed by atoms with Crippen molar-refractivity contribution in [2.24, 2.45) is 0 Å². The van der Waals surface area contributed by atoms with Crippen molar-refractivity contribution in [1.82, 2.24) is 5.32 Å². The standard InChI is InChI=1S/C12H13NO5/c1-18-12(17)13-9(11(15)16)7-10(14)8-5-3-2-4-6-8/h2-6,9H,7H2,1H3,(H,13,17)(H,15,16)/t9-/m1/s1. The van der Waals surface area contributed by atoms with Crippen LogP contribution < -0.4 is 5.32 Å². The van der Waals surface area contributed by atoms with E-state index in [0.717, 1.165) is 7.11 Å². The number of amides is 1. The molecule has 0 aliphatic rings. The number of aliphatic carboxylic acids is 1. The van der Waals surface area contributed by atoms with Crippen molar-refractivity contribution >= 4 is 17.8 Å². The van der Waals surface area contributed by atoms with Crippen LogP contribution in [-0.4, -0.2) is 36.1 Å². The summed E-state index contributed by atoms with van der Waals surface area (Å²) in [4.78, 5) is 33.6. The number of hydrogen-bond donors (Lipinski definition) is 2. The van der Waals surface area contributed by atoms with E-state index in [9.17, 15) is 14.4 Å². The van der Waals surface area contributed by atoms with Gasteiger partial charge in [-0.2, -0.15) is 0 Å². The van der Waals surface area contributed by atoms with Crippen molar-refractivity contribution < 1.29 is 24.2 Å². The van der Waals surface area contributed by atoms with Crippen molar-refractivity contribution in [1.29, 1.82) is 0 Å². The van der Waals surface area contributed by atoms with E-state index >= 15 is 0 Å². The highest BCUT2D eigenvalue weighted by Gasteiger charge is 2.23. The fourth-order valence-corrected chi connectivity index (χ4v) is 1.33. The molecule has 18 heavy (non-hydrogen) atoms. The second-order valence-corrected chi connectivity index (χ2v) is 3.52. The number of ketones is 1. The van der Waals surface area contributed by atoms with E-state index < -0.39 is 18.1 Å². The van der Waals surface area contributed by atoms with Gasteiger partial charge in [-0.25, -0.2) is 9.59 Å². The summed E-state index contributed by atoms with van der Waals surface area (Å²) < 4.78 is 4.29. The molecule has 1 aromatic carbocycles. The van der Waals surface area contributed by atoms with Gasteiger partial charge in [0, 0.05) is 12.0 Å². The first kappa shape index (κ1) is 13.7. The lowest BCUT2D eigenvalue weighted by Crippen LogP contribution is -2.42. The summed E-state index contributed by atoms with van der Waals surface area (Å²) in [6.07, 6.45) is -1.21. The Bertz CT molecular complexity index is 443. The minimum absolute atomic E-state index is 0.325. The first-order valence-corrected chi connectivity index (χ1v) is 5.20. The molecule has 0 fully saturated rings. The van der Waals surface area contributed by atoms with Crippen LogP contribution in [0.2, 0.25) is 0 Å². The first-order valence-electron chi connectivity index (χ1n) is 5.20. The van der Waals surface area contributed by atoms with Gasteiger partial charge in [-0.05, 0) is 0 Å². The fraction of sp³-hybridized carbons (Fsp3) is 0.250. The molecule has 6 heteroatoms. The van der Waals surface area contributed by atoms with Crippen LogP contribution in [0.25, 0.3) is 0 Å². The van der Waals surface area contributed by atoms with Gasteiger partial charge in [-0.15, -0.1) is 0 Å². The SMILES string of the molecule is COC(=O)N[C@H](CC(=O)c1ccccc1)C(=O)O. The maximum Gasteiger partial charge on any atom is 0.407 e. The Kier molecular flexibility index (Phi) is 4.86. The lowest BCUT2D eigenvalue weighted by atomic mass is 10.0. The molecule has 6 nitrogen and oxygen atoms in total. The molecule has 2 N–H and O–H groups in total. The molecule has 0 aliphatic heterocycles. The predicted molar refractivity (Wildman–Crippen MR) is 62.4 cm³/mol. The average molecular weight is 251 g/mol. The Hall–Kier alpha value is -2.37. The largest absolute Gasteiger partial charge is 0.480 e. The maximum atomic E-state index is 11.8. The Morgan fingerprint density at radius 3 is 2.39 bits per heavy atom. The molecule has 1 aromatic rings. The van der Waals surface area contributed by atoms with Gasteiger partial charge in [0.2, 0.25) is 0 Å². The average Bonchev–Trinajstić information content (AvgIpc) is 2.38. The van der Waals surface area contributed by atoms with Gasteiger partial charge in [0.1, 0.15) is 6.04 Å². The number of hydrogen-bond acceptors (Lipinski definition) is 4. The predicted octanol–water partition coefficient (Wildman–Crippen LogP) is 1.07. The summed E-state index contributed by atoms with van der Waals surface area (Å²) in [6, 6.07) is 6.97. The van der Waals surface area contributed by atoms with E-state index in [1.165, 1.54) is 0 Å². The molecule has 0 heterocycles. The third-order valence-corrected chi connectivity index (χ3v) is 2.26. The molecule has 0 spiro atoms. The second kappa shape index (κ2) is 6.39. The van der Waals surface area contributed by atoms with Crippen LogP contribution in [0.3, 0.4) is 0 Å². The molecule has 0 aliphatic carbocycles. The zero-order valence-electron chi connectivity index (χ0n) is 9.75. The molecule has 0 bridgehead atoms. The summed E-state index contributed by atoms with van der Waals surface area (Å²) in [5.41, 5.74) is 0.399. The zero-order chi connectivity index (χ0) is 13.5. The third kappa shape index (κ3) is 3.89. The van der Waals surface area contributed by atoms with Gasteiger partial charge in [0.15, 0.2) is 5.78 Å². The summed E-state index contributed by atoms with van der Waals surface area (Å²) >= 11 is 0. The first-order chi connectivity index (χ1) is 8.54. The smallest absolute Gasteiger partial charge is 0.407 e. The van der Waals surface area contributed by atoms with Gasteiger partial charge in [-0.3, -0.25) is 4.79 Å². The Balaban J connectivity index is 2.70. The number of methoxy groups -OCH3 is 1. The summed E-state index contributed by atoms with van der Waals surface area (Å²) in [5, 5.41) is 11.0. The van der Waals surface area contributed by atoms with E-state index in [4.69, 9.17) is 5.11 Å². The summed E-state index contributed by atoms with van der Waals surface area (Å²) in [7, 11) is 1.12. The number of rotatable bonds is 5. The number of carboxylic acid groups (broad SMARTS) is 1. The number of carboxylic acids is 1. The number of ether oxygens (including phenoxy) is 1. The molecule has 1 amide bonds. The highest BCUT2D eigenvalue weighted by atomic mass is 16.5. The lowest BCUT2D eigenvalue weighted by Gasteiger charge is -2.12. The van der Waals surface area contributed by atoms with E-state index in [1.807, 2.05) is 0 Å². The van der Waals surface area contributed by atoms with Gasteiger partial charge in [0.25, 0.3) is 0 Å². The Labute approximate surface area is 104 Å². The van der Waals surface area contributed by atoms with Crippen LogP contribution in [0, 0.1) is 0 Å². The van der Waals surface area contributed by atoms with Crippen molar-refractivity contribution in [3.63, 3.8) is 0 Å². The van der Waals surface area contributed by atoms with Crippen LogP contribution in [-0.2, 0) is 9.53 Å². The minimum atomic E-state index is -1.30. The molecule has 0 aromatic heterocycles. The van der Waals surface area contributed by atoms with Crippen molar-refractivity contribution in [3.8, 4) is 0 Å². The van der Waals surface area contributed by atoms with E-state index in [0.29, 0.717) is 5.56 Å². The van der Waals surface area contributed by atoms with Crippen LogP contribution in [0.4, 0.5) is 4.79 Å². The maximum absolute atomic E-state index is 11.8. The van der Waals surface area contributed by atoms with Crippen molar-refractivity contribution in [3.05, 3.63) is 35.9 Å². The van der Waals surface area contributed by atoms with Crippen LogP contribution >= 0.6 is 0 Å². The number of benzene rings is 1. The van der Waals surface area contributed by atoms with Crippen LogP contribution in [0.5, 0.6) is 0 Å². The summed E-state index contributed by atoms with van der Waals surface area (Å²) in [5.74, 6) is -1.65. The second-order valence-electron chi connectivity index (χ2n) is 3.52. The monoisotopic (exact) mass is 251 g/mol. The van der Waals surface area contributed by atoms with Gasteiger partial charge in [-0.1, -0.05) is 30.3 Å². The quantitative estimate of drug-likeness (QED) is 0.763. The van der Waals surface area contributed by atoms with Crippen LogP contribution in [0.1, 0.15) is 16.8 Å². The number of alkyl carbamates (subject to hydrolysis) is 1. The number of Topliss-reactive ketones (excluding diaryl/α,β-unsaturated/α-hetero) is 1. The number of nitrogens with one attached hydrogen (secondary N) is 1. The van der Waals surface area contributed by atoms with Gasteiger partial charge in [0.05, 0.1) is 7.11 Å². The van der Waals surface area contributed by atoms with Gasteiger partial charge < -0.3 is 15.2 Å². The Morgan fingerprint density at radius 2 is 1.89 bits per heavy atom. The topological polar surface area (TPSA) is 92.7 Å². The van der Waals surface area contributed by atoms with E-state index in [2.05, 4.69) is 10.1 Å². The number of carbonyl (C=O) groups excluding carboxylic acids is 2. The fourth-order valence-electron chi connectivity index (χ4n) is 1.33. The molecule has 0 radical (unpaired) electrons. The zero-order valence-corrected chi connectivity index (χ0v) is 9.75. The lowest BCUT2D eigenvalue weighted by molar-refractivity contribution is -0.139. The van der Waals surface area contributed by atoms with Crippen molar-refractivity contribution in [2.45, 2.75) is 12.5 Å². The van der Waals surface area contributed by atoms with Crippen LogP contribution in [0.15, 0.2) is 30.3 Å². The minimum Gasteiger partial charge on any atom is -0.480 e. The number of carbonyl (C=O) groups is 3. The molecule has 1 atom stereocenters. The van der Waals surface area contributed by atoms with E-state index in [1.54, 1.807) is 30.3 Å². The third-order valence-electron chi connectivity index (χ3n) is 2.26. The molecule has 96 valence electrons. The normalized spacial score (nSPS) is 11.4. The summed E-state index contributed by atoms with van der Waals surface area (Å²) in [6.45, 7) is 0. The highest BCUT2D eigenvalue weighted by Crippen LogP contribution is 2.06. The molecule has 0 saturated heterocycles. The van der Waals surface area contributed by atoms with Crippen molar-refractivity contribution in [2.75, 3.05) is 7.11 Å². The molecular formula is C12H13NO5. The molecule has 1 rings (SSSR count). The molecular weight excluding hydrogens is 238 g/mol. The highest BCUT2D eigenvalue weighted by molar-refractivity contribution is 5.99.